The number of allylic oxidation sites excluding steroid dienone is 8. The summed E-state index contributed by atoms with van der Waals surface area (Å²) in [6.07, 6.45) is 61.9. The summed E-state index contributed by atoms with van der Waals surface area (Å²) in [5.41, 5.74) is 0. The van der Waals surface area contributed by atoms with Crippen LogP contribution >= 0.6 is 7.82 Å². The van der Waals surface area contributed by atoms with Crippen molar-refractivity contribution in [2.24, 2.45) is 0 Å². The average molecular weight is 936 g/mol. The zero-order chi connectivity index (χ0) is 47.4. The Hall–Kier alpha value is -2.03. The van der Waals surface area contributed by atoms with E-state index in [2.05, 4.69) is 67.8 Å². The third-order valence-corrected chi connectivity index (χ3v) is 12.7. The maximum absolute atomic E-state index is 12.2. The second-order valence-corrected chi connectivity index (χ2v) is 19.6. The Labute approximate surface area is 400 Å². The molecule has 0 bridgehead atoms. The molecule has 380 valence electrons. The molecule has 0 radical (unpaired) electrons. The molecule has 0 aromatic rings. The van der Waals surface area contributed by atoms with E-state index in [9.17, 15) is 24.2 Å². The van der Waals surface area contributed by atoms with Crippen LogP contribution in [0.4, 0.5) is 0 Å². The standard InChI is InChI=1S/C55H102NO8P/c1-3-5-7-9-11-13-15-17-19-21-23-25-26-28-29-31-33-35-37-39-41-43-45-47-54(58)56-49-50-63-65(60,61)64-52-53(57)51-62-55(59)48-46-44-42-40-38-36-34-32-30-27-24-22-20-18-16-14-12-10-8-6-4-2/h12,14,17-20,24,27,53,57H,3-11,13,15-16,21-23,25-26,28-52H2,1-2H3,(H,56,58)(H,60,61)/b14-12-,19-17+,20-18-,27-24-. The number of aliphatic hydroxyl groups is 1. The Bertz CT molecular complexity index is 1200. The van der Waals surface area contributed by atoms with E-state index in [0.29, 0.717) is 6.42 Å². The number of ether oxygens (including phenoxy) is 1. The van der Waals surface area contributed by atoms with Gasteiger partial charge in [0.05, 0.1) is 13.2 Å². The highest BCUT2D eigenvalue weighted by Crippen LogP contribution is 2.42. The molecule has 2 atom stereocenters. The zero-order valence-electron chi connectivity index (χ0n) is 42.2. The number of carbonyl (C=O) groups excluding carboxylic acids is 2. The van der Waals surface area contributed by atoms with E-state index in [1.807, 2.05) is 0 Å². The molecule has 0 spiro atoms. The van der Waals surface area contributed by atoms with Crippen molar-refractivity contribution in [1.29, 1.82) is 0 Å². The number of amides is 1. The fraction of sp³-hybridized carbons (Fsp3) is 0.818. The van der Waals surface area contributed by atoms with Crippen molar-refractivity contribution in [1.82, 2.24) is 5.32 Å². The van der Waals surface area contributed by atoms with Gasteiger partial charge >= 0.3 is 13.8 Å². The number of nitrogens with one attached hydrogen (secondary N) is 1. The molecule has 1 amide bonds. The van der Waals surface area contributed by atoms with Crippen LogP contribution in [0.2, 0.25) is 0 Å². The summed E-state index contributed by atoms with van der Waals surface area (Å²) in [6, 6.07) is 0. The summed E-state index contributed by atoms with van der Waals surface area (Å²) in [7, 11) is -4.43. The molecule has 0 aromatic heterocycles. The lowest BCUT2D eigenvalue weighted by molar-refractivity contribution is -0.147. The van der Waals surface area contributed by atoms with Crippen LogP contribution < -0.4 is 5.32 Å². The normalized spacial score (nSPS) is 13.5. The van der Waals surface area contributed by atoms with Gasteiger partial charge in [-0.25, -0.2) is 4.57 Å². The molecular weight excluding hydrogens is 834 g/mol. The van der Waals surface area contributed by atoms with Gasteiger partial charge in [-0.3, -0.25) is 18.6 Å². The van der Waals surface area contributed by atoms with Crippen LogP contribution in [0.15, 0.2) is 48.6 Å². The molecule has 0 aromatic carbocycles. The first-order valence-electron chi connectivity index (χ1n) is 27.1. The quantitative estimate of drug-likeness (QED) is 0.0238. The van der Waals surface area contributed by atoms with E-state index in [-0.39, 0.29) is 32.1 Å². The van der Waals surface area contributed by atoms with E-state index in [0.717, 1.165) is 64.2 Å². The fourth-order valence-corrected chi connectivity index (χ4v) is 8.38. The van der Waals surface area contributed by atoms with Crippen LogP contribution in [0.5, 0.6) is 0 Å². The van der Waals surface area contributed by atoms with Crippen LogP contribution in [0.25, 0.3) is 0 Å². The van der Waals surface area contributed by atoms with Crippen molar-refractivity contribution in [3.8, 4) is 0 Å². The average Bonchev–Trinajstić information content (AvgIpc) is 3.29. The maximum Gasteiger partial charge on any atom is 0.472 e. The van der Waals surface area contributed by atoms with Gasteiger partial charge in [0.1, 0.15) is 12.7 Å². The number of hydrogen-bond donors (Lipinski definition) is 3. The molecule has 10 heteroatoms. The van der Waals surface area contributed by atoms with E-state index in [4.69, 9.17) is 13.8 Å². The minimum absolute atomic E-state index is 0.0813. The lowest BCUT2D eigenvalue weighted by Crippen LogP contribution is -2.27. The molecule has 0 heterocycles. The van der Waals surface area contributed by atoms with E-state index >= 15 is 0 Å². The molecule has 9 nitrogen and oxygen atoms in total. The number of carbonyl (C=O) groups is 2. The van der Waals surface area contributed by atoms with Gasteiger partial charge in [0, 0.05) is 19.4 Å². The largest absolute Gasteiger partial charge is 0.472 e. The van der Waals surface area contributed by atoms with Crippen LogP contribution in [0.1, 0.15) is 258 Å². The highest BCUT2D eigenvalue weighted by molar-refractivity contribution is 7.47. The first-order chi connectivity index (χ1) is 31.8. The van der Waals surface area contributed by atoms with Crippen LogP contribution in [0, 0.1) is 0 Å². The van der Waals surface area contributed by atoms with Gasteiger partial charge in [0.25, 0.3) is 0 Å². The SMILES string of the molecule is CCCCC/C=C\C/C=C\C/C=C\CCCCCCCCCCC(=O)OCC(O)COP(=O)(O)OCCNC(=O)CCCCCCCCCCCCCCC/C=C/CCCCCCCC. The summed E-state index contributed by atoms with van der Waals surface area (Å²) < 4.78 is 27.0. The van der Waals surface area contributed by atoms with Gasteiger partial charge in [-0.15, -0.1) is 0 Å². The summed E-state index contributed by atoms with van der Waals surface area (Å²) in [5, 5.41) is 12.8. The number of unbranched alkanes of at least 4 members (excludes halogenated alkanes) is 30. The monoisotopic (exact) mass is 936 g/mol. The molecule has 3 N–H and O–H groups in total. The molecular formula is C55H102NO8P. The van der Waals surface area contributed by atoms with Crippen molar-refractivity contribution in [2.75, 3.05) is 26.4 Å². The highest BCUT2D eigenvalue weighted by Gasteiger charge is 2.23. The van der Waals surface area contributed by atoms with Gasteiger partial charge < -0.3 is 20.1 Å². The van der Waals surface area contributed by atoms with Crippen LogP contribution in [0.3, 0.4) is 0 Å². The van der Waals surface area contributed by atoms with E-state index in [1.54, 1.807) is 0 Å². The molecule has 0 aliphatic rings. The summed E-state index contributed by atoms with van der Waals surface area (Å²) in [4.78, 5) is 34.1. The number of phosphoric acid groups is 1. The van der Waals surface area contributed by atoms with Crippen molar-refractivity contribution >= 4 is 19.7 Å². The fourth-order valence-electron chi connectivity index (χ4n) is 7.62. The Morgan fingerprint density at radius 3 is 1.29 bits per heavy atom. The third kappa shape index (κ3) is 52.8. The Morgan fingerprint density at radius 2 is 0.831 bits per heavy atom. The van der Waals surface area contributed by atoms with Crippen molar-refractivity contribution in [3.63, 3.8) is 0 Å². The number of esters is 1. The lowest BCUT2D eigenvalue weighted by Gasteiger charge is -2.15. The highest BCUT2D eigenvalue weighted by atomic mass is 31.2. The maximum atomic E-state index is 12.2. The van der Waals surface area contributed by atoms with Gasteiger partial charge in [-0.1, -0.05) is 217 Å². The lowest BCUT2D eigenvalue weighted by atomic mass is 10.0. The third-order valence-electron chi connectivity index (χ3n) is 11.7. The summed E-state index contributed by atoms with van der Waals surface area (Å²) in [5.74, 6) is -0.517. The molecule has 0 aliphatic carbocycles. The molecule has 65 heavy (non-hydrogen) atoms. The Kier molecular flexibility index (Phi) is 49.8. The first-order valence-corrected chi connectivity index (χ1v) is 28.6. The molecule has 2 unspecified atom stereocenters. The van der Waals surface area contributed by atoms with Gasteiger partial charge in [0.2, 0.25) is 5.91 Å². The number of hydrogen-bond acceptors (Lipinski definition) is 7. The second-order valence-electron chi connectivity index (χ2n) is 18.2. The molecule has 0 fully saturated rings. The predicted molar refractivity (Wildman–Crippen MR) is 275 cm³/mol. The molecule has 0 saturated carbocycles. The number of rotatable bonds is 51. The molecule has 0 saturated heterocycles. The minimum atomic E-state index is -4.43. The minimum Gasteiger partial charge on any atom is -0.463 e. The summed E-state index contributed by atoms with van der Waals surface area (Å²) in [6.45, 7) is 3.55. The van der Waals surface area contributed by atoms with Crippen molar-refractivity contribution in [2.45, 2.75) is 264 Å². The molecule has 0 aliphatic heterocycles. The number of phosphoric ester groups is 1. The van der Waals surface area contributed by atoms with Gasteiger partial charge in [0.15, 0.2) is 0 Å². The smallest absolute Gasteiger partial charge is 0.463 e. The van der Waals surface area contributed by atoms with Crippen LogP contribution in [-0.4, -0.2) is 54.3 Å². The van der Waals surface area contributed by atoms with E-state index in [1.165, 1.54) is 167 Å². The van der Waals surface area contributed by atoms with Gasteiger partial charge in [-0.05, 0) is 77.0 Å². The second kappa shape index (κ2) is 51.4. The van der Waals surface area contributed by atoms with Crippen LogP contribution in [-0.2, 0) is 27.9 Å². The van der Waals surface area contributed by atoms with Crippen molar-refractivity contribution < 1.29 is 37.9 Å². The topological polar surface area (TPSA) is 131 Å². The van der Waals surface area contributed by atoms with E-state index < -0.39 is 26.5 Å². The number of aliphatic hydroxyl groups excluding tert-OH is 1. The summed E-state index contributed by atoms with van der Waals surface area (Å²) >= 11 is 0. The Balaban J connectivity index is 3.55. The van der Waals surface area contributed by atoms with Gasteiger partial charge in [-0.2, -0.15) is 0 Å². The first kappa shape index (κ1) is 63.0. The zero-order valence-corrected chi connectivity index (χ0v) is 43.1. The molecule has 0 rings (SSSR count). The Morgan fingerprint density at radius 1 is 0.477 bits per heavy atom. The predicted octanol–water partition coefficient (Wildman–Crippen LogP) is 16.2. The van der Waals surface area contributed by atoms with Crippen molar-refractivity contribution in [3.05, 3.63) is 48.6 Å².